The van der Waals surface area contributed by atoms with E-state index in [1.807, 2.05) is 35.2 Å². The lowest BCUT2D eigenvalue weighted by Gasteiger charge is -2.29. The van der Waals surface area contributed by atoms with E-state index >= 15 is 0 Å². The third-order valence-corrected chi connectivity index (χ3v) is 5.46. The molecule has 0 bridgehead atoms. The lowest BCUT2D eigenvalue weighted by atomic mass is 9.98. The molecule has 0 radical (unpaired) electrons. The Labute approximate surface area is 184 Å². The zero-order valence-electron chi connectivity index (χ0n) is 18.6. The highest BCUT2D eigenvalue weighted by molar-refractivity contribution is 5.80. The van der Waals surface area contributed by atoms with Crippen molar-refractivity contribution in [3.8, 4) is 11.5 Å². The van der Waals surface area contributed by atoms with Gasteiger partial charge in [0.15, 0.2) is 17.5 Å². The summed E-state index contributed by atoms with van der Waals surface area (Å²) in [5, 5.41) is 6.57. The van der Waals surface area contributed by atoms with Crippen LogP contribution in [0.2, 0.25) is 0 Å². The second-order valence-electron chi connectivity index (χ2n) is 7.48. The van der Waals surface area contributed by atoms with Crippen LogP contribution < -0.4 is 20.1 Å². The van der Waals surface area contributed by atoms with E-state index in [-0.39, 0.29) is 5.91 Å². The third kappa shape index (κ3) is 6.13. The topological polar surface area (TPSA) is 75.2 Å². The Kier molecular flexibility index (Phi) is 8.15. The van der Waals surface area contributed by atoms with E-state index in [0.29, 0.717) is 31.8 Å². The number of fused-ring (bicyclic) bond motifs is 1. The molecule has 1 aliphatic rings. The Balaban J connectivity index is 1.43. The van der Waals surface area contributed by atoms with Gasteiger partial charge in [-0.3, -0.25) is 9.79 Å². The molecule has 0 unspecified atom stereocenters. The molecule has 2 N–H and O–H groups in total. The van der Waals surface area contributed by atoms with Gasteiger partial charge < -0.3 is 25.0 Å². The van der Waals surface area contributed by atoms with E-state index in [9.17, 15) is 4.79 Å². The fraction of sp³-hybridized carbons (Fsp3) is 0.417. The fourth-order valence-electron chi connectivity index (χ4n) is 3.70. The van der Waals surface area contributed by atoms with Crippen molar-refractivity contribution < 1.29 is 14.3 Å². The number of guanidine groups is 1. The average molecular weight is 425 g/mol. The summed E-state index contributed by atoms with van der Waals surface area (Å²) in [7, 11) is 5.02. The van der Waals surface area contributed by atoms with Gasteiger partial charge in [-0.15, -0.1) is 0 Å². The summed E-state index contributed by atoms with van der Waals surface area (Å²) >= 11 is 0. The number of nitrogens with one attached hydrogen (secondary N) is 2. The van der Waals surface area contributed by atoms with Gasteiger partial charge in [-0.2, -0.15) is 0 Å². The maximum atomic E-state index is 12.7. The summed E-state index contributed by atoms with van der Waals surface area (Å²) in [4.78, 5) is 18.9. The molecule has 3 rings (SSSR count). The van der Waals surface area contributed by atoms with Gasteiger partial charge in [0.2, 0.25) is 5.91 Å². The summed E-state index contributed by atoms with van der Waals surface area (Å²) in [6.45, 7) is 2.74. The van der Waals surface area contributed by atoms with E-state index < -0.39 is 0 Å². The van der Waals surface area contributed by atoms with Gasteiger partial charge in [0.25, 0.3) is 0 Å². The third-order valence-electron chi connectivity index (χ3n) is 5.46. The number of benzene rings is 2. The molecule has 166 valence electrons. The second-order valence-corrected chi connectivity index (χ2v) is 7.48. The minimum absolute atomic E-state index is 0.175. The highest BCUT2D eigenvalue weighted by atomic mass is 16.5. The van der Waals surface area contributed by atoms with Crippen LogP contribution in [0.5, 0.6) is 11.5 Å². The van der Waals surface area contributed by atoms with E-state index in [4.69, 9.17) is 9.47 Å². The van der Waals surface area contributed by atoms with Crippen LogP contribution in [0.3, 0.4) is 0 Å². The molecular weight excluding hydrogens is 392 g/mol. The Morgan fingerprint density at radius 3 is 2.45 bits per heavy atom. The highest BCUT2D eigenvalue weighted by Gasteiger charge is 2.22. The number of hydrogen-bond acceptors (Lipinski definition) is 4. The van der Waals surface area contributed by atoms with Crippen molar-refractivity contribution in [3.63, 3.8) is 0 Å². The number of methoxy groups -OCH3 is 2. The van der Waals surface area contributed by atoms with Crippen LogP contribution in [-0.4, -0.2) is 51.1 Å². The van der Waals surface area contributed by atoms with Crippen LogP contribution in [0.15, 0.2) is 47.5 Å². The van der Waals surface area contributed by atoms with E-state index in [2.05, 4.69) is 27.8 Å². The number of nitrogens with zero attached hydrogens (tertiary/aromatic N) is 2. The van der Waals surface area contributed by atoms with Gasteiger partial charge in [-0.1, -0.05) is 30.3 Å². The van der Waals surface area contributed by atoms with Gasteiger partial charge in [0.05, 0.1) is 14.2 Å². The van der Waals surface area contributed by atoms with Gasteiger partial charge in [0, 0.05) is 39.6 Å². The molecule has 7 heteroatoms. The molecule has 0 aliphatic carbocycles. The first-order valence-electron chi connectivity index (χ1n) is 10.6. The molecule has 0 saturated heterocycles. The summed E-state index contributed by atoms with van der Waals surface area (Å²) in [5.41, 5.74) is 3.54. The SMILES string of the molecule is CN=C(NCCCC(=O)N1CCc2cc(OC)c(OC)cc2C1)NCc1ccccc1. The smallest absolute Gasteiger partial charge is 0.222 e. The van der Waals surface area contributed by atoms with Gasteiger partial charge in [0.1, 0.15) is 0 Å². The van der Waals surface area contributed by atoms with E-state index in [0.717, 1.165) is 36.7 Å². The quantitative estimate of drug-likeness (QED) is 0.387. The molecule has 0 atom stereocenters. The largest absolute Gasteiger partial charge is 0.493 e. The lowest BCUT2D eigenvalue weighted by molar-refractivity contribution is -0.132. The molecular formula is C24H32N4O3. The number of carbonyl (C=O) groups excluding carboxylic acids is 1. The van der Waals surface area contributed by atoms with Crippen molar-refractivity contribution in [3.05, 3.63) is 59.2 Å². The van der Waals surface area contributed by atoms with Crippen LogP contribution >= 0.6 is 0 Å². The monoisotopic (exact) mass is 424 g/mol. The summed E-state index contributed by atoms with van der Waals surface area (Å²) in [5.74, 6) is 2.36. The molecule has 0 fully saturated rings. The zero-order valence-corrected chi connectivity index (χ0v) is 18.6. The van der Waals surface area contributed by atoms with Crippen molar-refractivity contribution in [2.75, 3.05) is 34.4 Å². The maximum Gasteiger partial charge on any atom is 0.222 e. The van der Waals surface area contributed by atoms with Crippen molar-refractivity contribution in [1.29, 1.82) is 0 Å². The molecule has 0 saturated carbocycles. The Morgan fingerprint density at radius 2 is 1.77 bits per heavy atom. The second kappa shape index (κ2) is 11.2. The normalized spacial score (nSPS) is 13.4. The van der Waals surface area contributed by atoms with Gasteiger partial charge >= 0.3 is 0 Å². The Bertz CT molecular complexity index is 899. The summed E-state index contributed by atoms with van der Waals surface area (Å²) in [6.07, 6.45) is 2.08. The van der Waals surface area contributed by atoms with Crippen LogP contribution in [-0.2, 0) is 24.3 Å². The molecule has 0 spiro atoms. The number of aliphatic imine (C=N–C) groups is 1. The molecule has 1 amide bonds. The number of ether oxygens (including phenoxy) is 2. The van der Waals surface area contributed by atoms with Gasteiger partial charge in [-0.25, -0.2) is 0 Å². The average Bonchev–Trinajstić information content (AvgIpc) is 2.82. The fourth-order valence-corrected chi connectivity index (χ4v) is 3.70. The first-order chi connectivity index (χ1) is 15.1. The first-order valence-corrected chi connectivity index (χ1v) is 10.6. The van der Waals surface area contributed by atoms with Crippen molar-refractivity contribution in [2.45, 2.75) is 32.4 Å². The minimum Gasteiger partial charge on any atom is -0.493 e. The first kappa shape index (κ1) is 22.5. The lowest BCUT2D eigenvalue weighted by Crippen LogP contribution is -2.38. The molecule has 31 heavy (non-hydrogen) atoms. The van der Waals surface area contributed by atoms with Crippen molar-refractivity contribution in [2.24, 2.45) is 4.99 Å². The predicted octanol–water partition coefficient (Wildman–Crippen LogP) is 2.73. The van der Waals surface area contributed by atoms with E-state index in [1.54, 1.807) is 21.3 Å². The van der Waals surface area contributed by atoms with Gasteiger partial charge in [-0.05, 0) is 41.7 Å². The Morgan fingerprint density at radius 1 is 1.06 bits per heavy atom. The molecule has 1 aliphatic heterocycles. The predicted molar refractivity (Wildman–Crippen MR) is 123 cm³/mol. The van der Waals surface area contributed by atoms with E-state index in [1.165, 1.54) is 11.1 Å². The van der Waals surface area contributed by atoms with Crippen LogP contribution in [0.1, 0.15) is 29.5 Å². The van der Waals surface area contributed by atoms with Crippen LogP contribution in [0.4, 0.5) is 0 Å². The Hall–Kier alpha value is -3.22. The van der Waals surface area contributed by atoms with Crippen LogP contribution in [0.25, 0.3) is 0 Å². The molecule has 2 aromatic carbocycles. The standard InChI is InChI=1S/C24H32N4O3/c1-25-24(27-16-18-8-5-4-6-9-18)26-12-7-10-23(29)28-13-11-19-14-21(30-2)22(31-3)15-20(19)17-28/h4-6,8-9,14-15H,7,10-13,16-17H2,1-3H3,(H2,25,26,27). The maximum absolute atomic E-state index is 12.7. The van der Waals surface area contributed by atoms with Crippen molar-refractivity contribution >= 4 is 11.9 Å². The molecule has 7 nitrogen and oxygen atoms in total. The summed E-state index contributed by atoms with van der Waals surface area (Å²) in [6, 6.07) is 14.2. The van der Waals surface area contributed by atoms with Crippen LogP contribution in [0, 0.1) is 0 Å². The summed E-state index contributed by atoms with van der Waals surface area (Å²) < 4.78 is 10.8. The number of rotatable bonds is 8. The van der Waals surface area contributed by atoms with Crippen molar-refractivity contribution in [1.82, 2.24) is 15.5 Å². The molecule has 0 aromatic heterocycles. The number of hydrogen-bond donors (Lipinski definition) is 2. The molecule has 2 aromatic rings. The zero-order chi connectivity index (χ0) is 22.1. The highest BCUT2D eigenvalue weighted by Crippen LogP contribution is 2.33. The number of amides is 1. The number of carbonyl (C=O) groups is 1. The minimum atomic E-state index is 0.175. The molecule has 1 heterocycles.